The second-order valence-corrected chi connectivity index (χ2v) is 10.9. The van der Waals surface area contributed by atoms with E-state index in [-0.39, 0.29) is 28.8 Å². The van der Waals surface area contributed by atoms with Crippen molar-refractivity contribution in [2.75, 3.05) is 31.6 Å². The maximum atomic E-state index is 13.9. The lowest BCUT2D eigenvalue weighted by molar-refractivity contribution is -0.139. The van der Waals surface area contributed by atoms with Crippen LogP contribution in [0.2, 0.25) is 5.02 Å². The fraction of sp³-hybridized carbons (Fsp3) is 0.286. The highest BCUT2D eigenvalue weighted by Gasteiger charge is 2.33. The van der Waals surface area contributed by atoms with E-state index < -0.39 is 28.5 Å². The number of benzene rings is 3. The Balaban J connectivity index is 2.04. The van der Waals surface area contributed by atoms with Gasteiger partial charge in [-0.15, -0.1) is 0 Å². The van der Waals surface area contributed by atoms with Crippen LogP contribution in [0.3, 0.4) is 0 Å². The molecule has 0 aliphatic heterocycles. The second kappa shape index (κ2) is 13.3. The van der Waals surface area contributed by atoms with Gasteiger partial charge in [0, 0.05) is 24.2 Å². The summed E-state index contributed by atoms with van der Waals surface area (Å²) in [6, 6.07) is 18.6. The zero-order chi connectivity index (χ0) is 28.6. The van der Waals surface area contributed by atoms with E-state index in [1.165, 1.54) is 37.3 Å². The van der Waals surface area contributed by atoms with E-state index >= 15 is 0 Å². The number of rotatable bonds is 12. The highest BCUT2D eigenvalue weighted by atomic mass is 35.5. The third-order valence-electron chi connectivity index (χ3n) is 6.03. The molecule has 0 bridgehead atoms. The highest BCUT2D eigenvalue weighted by molar-refractivity contribution is 7.92. The third kappa shape index (κ3) is 7.21. The van der Waals surface area contributed by atoms with Gasteiger partial charge in [0.2, 0.25) is 11.8 Å². The maximum absolute atomic E-state index is 13.9. The zero-order valence-corrected chi connectivity index (χ0v) is 23.8. The molecular weight excluding hydrogens is 542 g/mol. The molecule has 3 aromatic rings. The smallest absolute Gasteiger partial charge is 0.264 e. The lowest BCUT2D eigenvalue weighted by Gasteiger charge is -2.32. The number of halogens is 1. The molecule has 9 nitrogen and oxygen atoms in total. The zero-order valence-electron chi connectivity index (χ0n) is 22.3. The molecule has 1 unspecified atom stereocenters. The van der Waals surface area contributed by atoms with Crippen molar-refractivity contribution in [3.8, 4) is 11.5 Å². The molecular formula is C28H32ClN3O6S. The summed E-state index contributed by atoms with van der Waals surface area (Å²) >= 11 is 6.15. The number of nitrogens with one attached hydrogen (secondary N) is 1. The summed E-state index contributed by atoms with van der Waals surface area (Å²) in [5.74, 6) is -0.337. The molecule has 3 rings (SSSR count). The Bertz CT molecular complexity index is 1400. The van der Waals surface area contributed by atoms with E-state index in [0.29, 0.717) is 22.9 Å². The van der Waals surface area contributed by atoms with Gasteiger partial charge in [-0.05, 0) is 55.8 Å². The van der Waals surface area contributed by atoms with Crippen LogP contribution in [0.1, 0.15) is 19.4 Å². The second-order valence-electron chi connectivity index (χ2n) is 8.59. The summed E-state index contributed by atoms with van der Waals surface area (Å²) in [7, 11) is -1.39. The lowest BCUT2D eigenvalue weighted by atomic mass is 10.1. The van der Waals surface area contributed by atoms with Crippen LogP contribution in [0.4, 0.5) is 5.69 Å². The molecule has 0 fully saturated rings. The van der Waals surface area contributed by atoms with Crippen LogP contribution in [0.25, 0.3) is 0 Å². The number of nitrogens with zero attached hydrogens (tertiary/aromatic N) is 2. The van der Waals surface area contributed by atoms with Gasteiger partial charge < -0.3 is 19.7 Å². The van der Waals surface area contributed by atoms with Crippen LogP contribution in [-0.2, 0) is 26.2 Å². The predicted octanol–water partition coefficient (Wildman–Crippen LogP) is 4.11. The SMILES string of the molecule is CCNC(=O)C(C)N(Cc1cccc(Cl)c1)C(=O)CN(c1ccccc1)S(=O)(=O)c1ccc(OC)c(OC)c1. The first-order chi connectivity index (χ1) is 18.6. The Labute approximate surface area is 234 Å². The number of likely N-dealkylation sites (N-methyl/N-ethyl adjacent to an activating group) is 1. The molecule has 0 radical (unpaired) electrons. The molecule has 208 valence electrons. The Kier molecular flexibility index (Phi) is 10.2. The van der Waals surface area contributed by atoms with Gasteiger partial charge in [-0.2, -0.15) is 0 Å². The number of methoxy groups -OCH3 is 2. The van der Waals surface area contributed by atoms with Crippen molar-refractivity contribution in [2.45, 2.75) is 31.3 Å². The molecule has 0 aromatic heterocycles. The first-order valence-electron chi connectivity index (χ1n) is 12.2. The van der Waals surface area contributed by atoms with E-state index in [4.69, 9.17) is 21.1 Å². The monoisotopic (exact) mass is 573 g/mol. The van der Waals surface area contributed by atoms with E-state index in [1.54, 1.807) is 68.4 Å². The molecule has 1 N–H and O–H groups in total. The molecule has 0 spiro atoms. The van der Waals surface area contributed by atoms with Crippen molar-refractivity contribution in [3.05, 3.63) is 83.4 Å². The number of carbonyl (C=O) groups is 2. The van der Waals surface area contributed by atoms with Crippen molar-refractivity contribution in [2.24, 2.45) is 0 Å². The molecule has 0 heterocycles. The number of hydrogen-bond acceptors (Lipinski definition) is 6. The fourth-order valence-corrected chi connectivity index (χ4v) is 5.61. The average Bonchev–Trinajstić information content (AvgIpc) is 2.94. The summed E-state index contributed by atoms with van der Waals surface area (Å²) < 4.78 is 39.4. The molecule has 11 heteroatoms. The van der Waals surface area contributed by atoms with Gasteiger partial charge in [0.25, 0.3) is 10.0 Å². The third-order valence-corrected chi connectivity index (χ3v) is 8.03. The van der Waals surface area contributed by atoms with Crippen LogP contribution >= 0.6 is 11.6 Å². The van der Waals surface area contributed by atoms with E-state index in [0.717, 1.165) is 4.31 Å². The van der Waals surface area contributed by atoms with Gasteiger partial charge in [-0.25, -0.2) is 8.42 Å². The number of sulfonamides is 1. The lowest BCUT2D eigenvalue weighted by Crippen LogP contribution is -2.51. The fourth-order valence-electron chi connectivity index (χ4n) is 3.96. The molecule has 0 saturated heterocycles. The first kappa shape index (κ1) is 29.8. The molecule has 0 aliphatic rings. The largest absolute Gasteiger partial charge is 0.493 e. The van der Waals surface area contributed by atoms with Crippen molar-refractivity contribution < 1.29 is 27.5 Å². The van der Waals surface area contributed by atoms with Crippen LogP contribution < -0.4 is 19.1 Å². The quantitative estimate of drug-likeness (QED) is 0.350. The summed E-state index contributed by atoms with van der Waals surface area (Å²) in [6.07, 6.45) is 0. The summed E-state index contributed by atoms with van der Waals surface area (Å²) in [5.41, 5.74) is 0.981. The number of ether oxygens (including phenoxy) is 2. The topological polar surface area (TPSA) is 105 Å². The number of anilines is 1. The average molecular weight is 574 g/mol. The van der Waals surface area contributed by atoms with Gasteiger partial charge in [-0.3, -0.25) is 13.9 Å². The van der Waals surface area contributed by atoms with Crippen LogP contribution in [0.5, 0.6) is 11.5 Å². The number of amides is 2. The number of hydrogen-bond donors (Lipinski definition) is 1. The molecule has 2 amide bonds. The first-order valence-corrected chi connectivity index (χ1v) is 14.1. The van der Waals surface area contributed by atoms with Crippen LogP contribution in [0, 0.1) is 0 Å². The maximum Gasteiger partial charge on any atom is 0.264 e. The van der Waals surface area contributed by atoms with E-state index in [9.17, 15) is 18.0 Å². The van der Waals surface area contributed by atoms with Crippen molar-refractivity contribution in [1.29, 1.82) is 0 Å². The predicted molar refractivity (Wildman–Crippen MR) is 151 cm³/mol. The molecule has 1 atom stereocenters. The van der Waals surface area contributed by atoms with Gasteiger partial charge in [0.05, 0.1) is 24.8 Å². The standard InChI is InChI=1S/C28H32ClN3O6S/c1-5-30-28(34)20(2)31(18-21-10-9-11-22(29)16-21)27(33)19-32(23-12-7-6-8-13-23)39(35,36)24-14-15-25(37-3)26(17-24)38-4/h6-17,20H,5,18-19H2,1-4H3,(H,30,34). The minimum atomic E-state index is -4.25. The number of para-hydroxylation sites is 1. The van der Waals surface area contributed by atoms with Gasteiger partial charge >= 0.3 is 0 Å². The molecule has 0 saturated carbocycles. The Hall–Kier alpha value is -3.76. The van der Waals surface area contributed by atoms with E-state index in [2.05, 4.69) is 5.32 Å². The Morgan fingerprint density at radius 1 is 0.949 bits per heavy atom. The van der Waals surface area contributed by atoms with Crippen LogP contribution in [-0.4, -0.2) is 58.5 Å². The van der Waals surface area contributed by atoms with Gasteiger partial charge in [-0.1, -0.05) is 41.9 Å². The minimum absolute atomic E-state index is 0.0523. The number of carbonyl (C=O) groups excluding carboxylic acids is 2. The summed E-state index contributed by atoms with van der Waals surface area (Å²) in [5, 5.41) is 3.21. The Morgan fingerprint density at radius 3 is 2.26 bits per heavy atom. The van der Waals surface area contributed by atoms with Gasteiger partial charge in [0.15, 0.2) is 11.5 Å². The van der Waals surface area contributed by atoms with Gasteiger partial charge in [0.1, 0.15) is 12.6 Å². The van der Waals surface area contributed by atoms with Crippen LogP contribution in [0.15, 0.2) is 77.7 Å². The van der Waals surface area contributed by atoms with Crippen molar-refractivity contribution in [1.82, 2.24) is 10.2 Å². The Morgan fingerprint density at radius 2 is 1.64 bits per heavy atom. The van der Waals surface area contributed by atoms with Crippen molar-refractivity contribution >= 4 is 39.1 Å². The summed E-state index contributed by atoms with van der Waals surface area (Å²) in [4.78, 5) is 27.8. The molecule has 39 heavy (non-hydrogen) atoms. The highest BCUT2D eigenvalue weighted by Crippen LogP contribution is 2.32. The molecule has 0 aliphatic carbocycles. The van der Waals surface area contributed by atoms with Crippen molar-refractivity contribution in [3.63, 3.8) is 0 Å². The summed E-state index contributed by atoms with van der Waals surface area (Å²) in [6.45, 7) is 3.26. The van der Waals surface area contributed by atoms with E-state index in [1.807, 2.05) is 0 Å². The minimum Gasteiger partial charge on any atom is -0.493 e. The normalized spacial score (nSPS) is 11.8. The molecule has 3 aromatic carbocycles.